The molecule has 1 atom stereocenters. The number of ether oxygens (including phenoxy) is 1. The molecule has 0 fully saturated rings. The molecule has 104 valence electrons. The van der Waals surface area contributed by atoms with Gasteiger partial charge in [0.2, 0.25) is 0 Å². The van der Waals surface area contributed by atoms with Crippen LogP contribution in [0.1, 0.15) is 40.0 Å². The van der Waals surface area contributed by atoms with Crippen molar-refractivity contribution in [2.24, 2.45) is 5.41 Å². The van der Waals surface area contributed by atoms with Gasteiger partial charge in [0, 0.05) is 12.6 Å². The quantitative estimate of drug-likeness (QED) is 0.671. The molecular formula is C12H24F3NO. The van der Waals surface area contributed by atoms with Crippen molar-refractivity contribution in [3.05, 3.63) is 0 Å². The van der Waals surface area contributed by atoms with Crippen LogP contribution in [0.4, 0.5) is 13.2 Å². The number of halogens is 3. The van der Waals surface area contributed by atoms with Crippen molar-refractivity contribution in [2.75, 3.05) is 20.3 Å². The van der Waals surface area contributed by atoms with Crippen LogP contribution in [0, 0.1) is 5.41 Å². The molecule has 0 saturated heterocycles. The molecular weight excluding hydrogens is 231 g/mol. The third-order valence-electron chi connectivity index (χ3n) is 2.76. The van der Waals surface area contributed by atoms with Crippen LogP contribution in [0.2, 0.25) is 0 Å². The topological polar surface area (TPSA) is 21.3 Å². The lowest BCUT2D eigenvalue weighted by atomic mass is 9.82. The zero-order valence-electron chi connectivity index (χ0n) is 11.2. The van der Waals surface area contributed by atoms with Gasteiger partial charge in [-0.25, -0.2) is 0 Å². The van der Waals surface area contributed by atoms with Crippen LogP contribution >= 0.6 is 0 Å². The van der Waals surface area contributed by atoms with E-state index in [0.29, 0.717) is 12.5 Å². The van der Waals surface area contributed by atoms with Gasteiger partial charge >= 0.3 is 6.18 Å². The summed E-state index contributed by atoms with van der Waals surface area (Å²) < 4.78 is 40.0. The number of hydrogen-bond donors (Lipinski definition) is 1. The second-order valence-corrected chi connectivity index (χ2v) is 5.33. The van der Waals surface area contributed by atoms with Crippen molar-refractivity contribution in [3.8, 4) is 0 Å². The van der Waals surface area contributed by atoms with Crippen LogP contribution in [0.5, 0.6) is 0 Å². The molecule has 17 heavy (non-hydrogen) atoms. The Hall–Kier alpha value is -0.290. The summed E-state index contributed by atoms with van der Waals surface area (Å²) in [6.45, 7) is 5.40. The van der Waals surface area contributed by atoms with E-state index >= 15 is 0 Å². The number of nitrogens with one attached hydrogen (secondary N) is 1. The third kappa shape index (κ3) is 10.6. The Balaban J connectivity index is 3.66. The lowest BCUT2D eigenvalue weighted by Crippen LogP contribution is -2.28. The molecule has 0 aliphatic carbocycles. The highest BCUT2D eigenvalue weighted by atomic mass is 19.4. The Morgan fingerprint density at radius 1 is 1.24 bits per heavy atom. The van der Waals surface area contributed by atoms with Crippen LogP contribution in [0.25, 0.3) is 0 Å². The first-order valence-electron chi connectivity index (χ1n) is 5.98. The molecule has 0 aromatic carbocycles. The minimum Gasteiger partial charge on any atom is -0.372 e. The Bertz CT molecular complexity index is 204. The SMILES string of the molecule is CNC(C)CC(C)(C)CCCOCC(F)(F)F. The van der Waals surface area contributed by atoms with Gasteiger partial charge in [-0.3, -0.25) is 0 Å². The van der Waals surface area contributed by atoms with Crippen LogP contribution in [0.15, 0.2) is 0 Å². The first-order valence-corrected chi connectivity index (χ1v) is 5.98. The number of hydrogen-bond acceptors (Lipinski definition) is 2. The summed E-state index contributed by atoms with van der Waals surface area (Å²) in [4.78, 5) is 0. The van der Waals surface area contributed by atoms with Crippen molar-refractivity contribution >= 4 is 0 Å². The van der Waals surface area contributed by atoms with Crippen LogP contribution in [-0.2, 0) is 4.74 Å². The average molecular weight is 255 g/mol. The van der Waals surface area contributed by atoms with E-state index in [4.69, 9.17) is 0 Å². The minimum absolute atomic E-state index is 0.129. The molecule has 0 saturated carbocycles. The first-order chi connectivity index (χ1) is 7.66. The predicted molar refractivity (Wildman–Crippen MR) is 63.0 cm³/mol. The molecule has 0 aromatic heterocycles. The summed E-state index contributed by atoms with van der Waals surface area (Å²) in [7, 11) is 1.91. The predicted octanol–water partition coefficient (Wildman–Crippen LogP) is 3.37. The Morgan fingerprint density at radius 2 is 1.82 bits per heavy atom. The van der Waals surface area contributed by atoms with E-state index < -0.39 is 12.8 Å². The van der Waals surface area contributed by atoms with Crippen molar-refractivity contribution in [1.29, 1.82) is 0 Å². The maximum absolute atomic E-state index is 11.8. The van der Waals surface area contributed by atoms with Gasteiger partial charge in [-0.15, -0.1) is 0 Å². The summed E-state index contributed by atoms with van der Waals surface area (Å²) in [5.74, 6) is 0. The maximum Gasteiger partial charge on any atom is 0.411 e. The van der Waals surface area contributed by atoms with E-state index in [9.17, 15) is 13.2 Å². The lowest BCUT2D eigenvalue weighted by Gasteiger charge is -2.28. The van der Waals surface area contributed by atoms with Gasteiger partial charge in [-0.1, -0.05) is 13.8 Å². The van der Waals surface area contributed by atoms with Crippen molar-refractivity contribution in [2.45, 2.75) is 52.3 Å². The van der Waals surface area contributed by atoms with Gasteiger partial charge in [0.15, 0.2) is 0 Å². The van der Waals surface area contributed by atoms with E-state index in [0.717, 1.165) is 12.8 Å². The summed E-state index contributed by atoms with van der Waals surface area (Å²) in [6.07, 6.45) is -1.67. The van der Waals surface area contributed by atoms with Crippen LogP contribution < -0.4 is 5.32 Å². The Labute approximate surface area is 102 Å². The molecule has 0 rings (SSSR count). The van der Waals surface area contributed by atoms with E-state index in [1.165, 1.54) is 0 Å². The van der Waals surface area contributed by atoms with Gasteiger partial charge < -0.3 is 10.1 Å². The zero-order valence-corrected chi connectivity index (χ0v) is 11.2. The molecule has 0 spiro atoms. The molecule has 0 heterocycles. The van der Waals surface area contributed by atoms with E-state index in [1.54, 1.807) is 0 Å². The lowest BCUT2D eigenvalue weighted by molar-refractivity contribution is -0.174. The fourth-order valence-corrected chi connectivity index (χ4v) is 1.87. The summed E-state index contributed by atoms with van der Waals surface area (Å²) in [6, 6.07) is 0.418. The zero-order chi connectivity index (χ0) is 13.5. The standard InChI is InChI=1S/C12H24F3NO/c1-10(16-4)8-11(2,3)6-5-7-17-9-12(13,14)15/h10,16H,5-9H2,1-4H3. The van der Waals surface area contributed by atoms with Crippen molar-refractivity contribution in [1.82, 2.24) is 5.32 Å². The minimum atomic E-state index is -4.21. The van der Waals surface area contributed by atoms with Gasteiger partial charge in [0.25, 0.3) is 0 Å². The molecule has 1 N–H and O–H groups in total. The summed E-state index contributed by atoms with van der Waals surface area (Å²) in [5, 5.41) is 3.16. The number of alkyl halides is 3. The molecule has 0 bridgehead atoms. The highest BCUT2D eigenvalue weighted by Crippen LogP contribution is 2.28. The summed E-state index contributed by atoms with van der Waals surface area (Å²) in [5.41, 5.74) is 0.129. The monoisotopic (exact) mass is 255 g/mol. The van der Waals surface area contributed by atoms with E-state index in [1.807, 2.05) is 7.05 Å². The molecule has 0 aromatic rings. The molecule has 1 unspecified atom stereocenters. The van der Waals surface area contributed by atoms with Gasteiger partial charge in [-0.2, -0.15) is 13.2 Å². The smallest absolute Gasteiger partial charge is 0.372 e. The molecule has 5 heteroatoms. The second kappa shape index (κ2) is 7.21. The number of rotatable bonds is 8. The van der Waals surface area contributed by atoms with Gasteiger partial charge in [-0.05, 0) is 38.6 Å². The van der Waals surface area contributed by atoms with Crippen LogP contribution in [-0.4, -0.2) is 32.5 Å². The molecule has 0 aliphatic heterocycles. The Kier molecular flexibility index (Phi) is 7.09. The highest BCUT2D eigenvalue weighted by Gasteiger charge is 2.27. The molecule has 0 aliphatic rings. The van der Waals surface area contributed by atoms with Gasteiger partial charge in [0.05, 0.1) is 0 Å². The van der Waals surface area contributed by atoms with Crippen molar-refractivity contribution in [3.63, 3.8) is 0 Å². The van der Waals surface area contributed by atoms with E-state index in [-0.39, 0.29) is 12.0 Å². The highest BCUT2D eigenvalue weighted by molar-refractivity contribution is 4.74. The molecule has 0 amide bonds. The molecule has 0 radical (unpaired) electrons. The van der Waals surface area contributed by atoms with E-state index in [2.05, 4.69) is 30.8 Å². The fourth-order valence-electron chi connectivity index (χ4n) is 1.87. The Morgan fingerprint density at radius 3 is 2.29 bits per heavy atom. The summed E-state index contributed by atoms with van der Waals surface area (Å²) >= 11 is 0. The fraction of sp³-hybridized carbons (Fsp3) is 1.00. The normalized spacial score (nSPS) is 15.0. The largest absolute Gasteiger partial charge is 0.411 e. The average Bonchev–Trinajstić information content (AvgIpc) is 2.14. The third-order valence-corrected chi connectivity index (χ3v) is 2.76. The molecule has 2 nitrogen and oxygen atoms in total. The maximum atomic E-state index is 11.8. The van der Waals surface area contributed by atoms with Crippen molar-refractivity contribution < 1.29 is 17.9 Å². The van der Waals surface area contributed by atoms with Gasteiger partial charge in [0.1, 0.15) is 6.61 Å². The van der Waals surface area contributed by atoms with Crippen LogP contribution in [0.3, 0.4) is 0 Å². The second-order valence-electron chi connectivity index (χ2n) is 5.33. The first kappa shape index (κ1) is 16.7.